The second-order valence-corrected chi connectivity index (χ2v) is 4.46. The first kappa shape index (κ1) is 12.3. The normalized spacial score (nSPS) is 10.7. The molecule has 0 atom stereocenters. The smallest absolute Gasteiger partial charge is 0.197 e. The lowest BCUT2D eigenvalue weighted by molar-refractivity contribution is 0.480. The number of phenolic OH excluding ortho intramolecular Hbond substituents is 1. The molecule has 4 heteroatoms. The Bertz CT molecular complexity index is 822. The summed E-state index contributed by atoms with van der Waals surface area (Å²) in [6.45, 7) is 0. The molecular weight excluding hydrogens is 254 g/mol. The van der Waals surface area contributed by atoms with Crippen LogP contribution in [0.2, 0.25) is 0 Å². The van der Waals surface area contributed by atoms with Gasteiger partial charge in [-0.3, -0.25) is 4.79 Å². The van der Waals surface area contributed by atoms with Crippen LogP contribution < -0.4 is 10.7 Å². The standard InChI is InChI=1S/C16H13NO3/c1-17-11-7-12(18)16-13(19)9-14(20-15(16)8-11)10-5-3-2-4-6-10/h2-9,17-18H,1H3. The molecule has 0 spiro atoms. The highest BCUT2D eigenvalue weighted by Crippen LogP contribution is 2.29. The van der Waals surface area contributed by atoms with E-state index in [4.69, 9.17) is 4.42 Å². The summed E-state index contributed by atoms with van der Waals surface area (Å²) in [7, 11) is 1.74. The molecule has 2 aromatic carbocycles. The molecule has 0 aliphatic rings. The molecule has 0 amide bonds. The molecule has 4 nitrogen and oxygen atoms in total. The number of aromatic hydroxyl groups is 1. The van der Waals surface area contributed by atoms with Gasteiger partial charge in [0.25, 0.3) is 0 Å². The maximum Gasteiger partial charge on any atom is 0.197 e. The van der Waals surface area contributed by atoms with Crippen molar-refractivity contribution in [3.05, 3.63) is 58.8 Å². The van der Waals surface area contributed by atoms with Crippen molar-refractivity contribution >= 4 is 16.7 Å². The lowest BCUT2D eigenvalue weighted by Gasteiger charge is -2.07. The summed E-state index contributed by atoms with van der Waals surface area (Å²) in [6, 6.07) is 14.0. The molecule has 0 saturated heterocycles. The Hall–Kier alpha value is -2.75. The van der Waals surface area contributed by atoms with Gasteiger partial charge in [-0.15, -0.1) is 0 Å². The van der Waals surface area contributed by atoms with Crippen LogP contribution in [0.25, 0.3) is 22.3 Å². The molecular formula is C16H13NO3. The van der Waals surface area contributed by atoms with Crippen molar-refractivity contribution in [2.24, 2.45) is 0 Å². The van der Waals surface area contributed by atoms with Gasteiger partial charge < -0.3 is 14.8 Å². The van der Waals surface area contributed by atoms with Crippen LogP contribution in [0.15, 0.2) is 57.7 Å². The zero-order chi connectivity index (χ0) is 14.1. The van der Waals surface area contributed by atoms with E-state index in [2.05, 4.69) is 5.32 Å². The zero-order valence-electron chi connectivity index (χ0n) is 10.9. The van der Waals surface area contributed by atoms with Crippen molar-refractivity contribution in [3.8, 4) is 17.1 Å². The van der Waals surface area contributed by atoms with Gasteiger partial charge in [0.05, 0.1) is 0 Å². The lowest BCUT2D eigenvalue weighted by Crippen LogP contribution is -2.01. The van der Waals surface area contributed by atoms with Crippen LogP contribution in [0.4, 0.5) is 5.69 Å². The molecule has 0 radical (unpaired) electrons. The molecule has 1 heterocycles. The van der Waals surface area contributed by atoms with Crippen LogP contribution in [-0.4, -0.2) is 12.2 Å². The van der Waals surface area contributed by atoms with Crippen molar-refractivity contribution in [2.75, 3.05) is 12.4 Å². The van der Waals surface area contributed by atoms with Gasteiger partial charge in [-0.05, 0) is 0 Å². The predicted molar refractivity (Wildman–Crippen MR) is 79.1 cm³/mol. The monoisotopic (exact) mass is 267 g/mol. The fourth-order valence-electron chi connectivity index (χ4n) is 2.16. The molecule has 0 unspecified atom stereocenters. The highest BCUT2D eigenvalue weighted by Gasteiger charge is 2.11. The molecule has 0 saturated carbocycles. The number of phenols is 1. The Kier molecular flexibility index (Phi) is 2.91. The SMILES string of the molecule is CNc1cc(O)c2c(=O)cc(-c3ccccc3)oc2c1. The number of rotatable bonds is 2. The highest BCUT2D eigenvalue weighted by atomic mass is 16.3. The van der Waals surface area contributed by atoms with Gasteiger partial charge in [-0.1, -0.05) is 30.3 Å². The summed E-state index contributed by atoms with van der Waals surface area (Å²) in [5.41, 5.74) is 1.61. The summed E-state index contributed by atoms with van der Waals surface area (Å²) in [6.07, 6.45) is 0. The molecule has 3 aromatic rings. The Morgan fingerprint density at radius 1 is 1.10 bits per heavy atom. The van der Waals surface area contributed by atoms with E-state index in [0.717, 1.165) is 5.56 Å². The molecule has 0 bridgehead atoms. The van der Waals surface area contributed by atoms with Crippen molar-refractivity contribution in [1.82, 2.24) is 0 Å². The van der Waals surface area contributed by atoms with Crippen molar-refractivity contribution in [2.45, 2.75) is 0 Å². The predicted octanol–water partition coefficient (Wildman–Crippen LogP) is 3.21. The minimum atomic E-state index is -0.259. The average molecular weight is 267 g/mol. The number of benzene rings is 2. The Morgan fingerprint density at radius 2 is 1.85 bits per heavy atom. The Morgan fingerprint density at radius 3 is 2.55 bits per heavy atom. The molecule has 20 heavy (non-hydrogen) atoms. The van der Waals surface area contributed by atoms with Crippen LogP contribution in [0.5, 0.6) is 5.75 Å². The lowest BCUT2D eigenvalue weighted by atomic mass is 10.1. The van der Waals surface area contributed by atoms with Gasteiger partial charge >= 0.3 is 0 Å². The van der Waals surface area contributed by atoms with E-state index in [1.54, 1.807) is 13.1 Å². The summed E-state index contributed by atoms with van der Waals surface area (Å²) >= 11 is 0. The topological polar surface area (TPSA) is 62.5 Å². The van der Waals surface area contributed by atoms with Gasteiger partial charge in [0, 0.05) is 36.5 Å². The zero-order valence-corrected chi connectivity index (χ0v) is 10.9. The molecule has 0 aliphatic heterocycles. The van der Waals surface area contributed by atoms with E-state index in [-0.39, 0.29) is 16.6 Å². The number of hydrogen-bond donors (Lipinski definition) is 2. The van der Waals surface area contributed by atoms with E-state index in [1.807, 2.05) is 30.3 Å². The Balaban J connectivity index is 2.31. The maximum absolute atomic E-state index is 12.2. The van der Waals surface area contributed by atoms with E-state index < -0.39 is 0 Å². The number of anilines is 1. The summed E-state index contributed by atoms with van der Waals surface area (Å²) < 4.78 is 5.75. The van der Waals surface area contributed by atoms with Crippen LogP contribution in [0.1, 0.15) is 0 Å². The van der Waals surface area contributed by atoms with Crippen molar-refractivity contribution < 1.29 is 9.52 Å². The van der Waals surface area contributed by atoms with E-state index in [9.17, 15) is 9.90 Å². The van der Waals surface area contributed by atoms with Crippen molar-refractivity contribution in [1.29, 1.82) is 0 Å². The third-order valence-electron chi connectivity index (χ3n) is 3.16. The van der Waals surface area contributed by atoms with E-state index in [0.29, 0.717) is 17.0 Å². The quantitative estimate of drug-likeness (QED) is 0.748. The molecule has 0 aliphatic carbocycles. The van der Waals surface area contributed by atoms with E-state index in [1.165, 1.54) is 12.1 Å². The van der Waals surface area contributed by atoms with Crippen LogP contribution in [0.3, 0.4) is 0 Å². The van der Waals surface area contributed by atoms with Gasteiger partial charge in [-0.2, -0.15) is 0 Å². The average Bonchev–Trinajstić information content (AvgIpc) is 2.47. The van der Waals surface area contributed by atoms with Crippen LogP contribution in [-0.2, 0) is 0 Å². The minimum Gasteiger partial charge on any atom is -0.507 e. The third kappa shape index (κ3) is 2.01. The van der Waals surface area contributed by atoms with Crippen LogP contribution in [0, 0.1) is 0 Å². The summed E-state index contributed by atoms with van der Waals surface area (Å²) in [5.74, 6) is 0.399. The second-order valence-electron chi connectivity index (χ2n) is 4.46. The van der Waals surface area contributed by atoms with Gasteiger partial charge in [0.2, 0.25) is 0 Å². The Labute approximate surface area is 115 Å². The maximum atomic E-state index is 12.2. The number of hydrogen-bond acceptors (Lipinski definition) is 4. The van der Waals surface area contributed by atoms with Gasteiger partial charge in [0.1, 0.15) is 22.5 Å². The number of nitrogens with one attached hydrogen (secondary N) is 1. The summed E-state index contributed by atoms with van der Waals surface area (Å²) in [5, 5.41) is 13.0. The van der Waals surface area contributed by atoms with Crippen LogP contribution >= 0.6 is 0 Å². The highest BCUT2D eigenvalue weighted by molar-refractivity contribution is 5.87. The van der Waals surface area contributed by atoms with E-state index >= 15 is 0 Å². The number of fused-ring (bicyclic) bond motifs is 1. The summed E-state index contributed by atoms with van der Waals surface area (Å²) in [4.78, 5) is 12.2. The molecule has 1 aromatic heterocycles. The first-order valence-electron chi connectivity index (χ1n) is 6.23. The largest absolute Gasteiger partial charge is 0.507 e. The molecule has 100 valence electrons. The minimum absolute atomic E-state index is 0.0831. The fourth-order valence-corrected chi connectivity index (χ4v) is 2.16. The third-order valence-corrected chi connectivity index (χ3v) is 3.16. The molecule has 2 N–H and O–H groups in total. The first-order valence-corrected chi connectivity index (χ1v) is 6.23. The van der Waals surface area contributed by atoms with Gasteiger partial charge in [0.15, 0.2) is 5.43 Å². The van der Waals surface area contributed by atoms with Crippen molar-refractivity contribution in [3.63, 3.8) is 0 Å². The molecule has 3 rings (SSSR count). The fraction of sp³-hybridized carbons (Fsp3) is 0.0625. The van der Waals surface area contributed by atoms with Gasteiger partial charge in [-0.25, -0.2) is 0 Å². The first-order chi connectivity index (χ1) is 9.69. The molecule has 0 fully saturated rings. The second kappa shape index (κ2) is 4.74.